The Hall–Kier alpha value is -1.45. The molecule has 5 rings (SSSR count). The van der Waals surface area contributed by atoms with Crippen molar-refractivity contribution in [2.24, 2.45) is 58.2 Å². The van der Waals surface area contributed by atoms with Crippen LogP contribution in [-0.4, -0.2) is 68.0 Å². The van der Waals surface area contributed by atoms with Crippen LogP contribution in [0.25, 0.3) is 0 Å². The summed E-state index contributed by atoms with van der Waals surface area (Å²) >= 11 is 0. The minimum Gasteiger partial charge on any atom is -0.389 e. The maximum Gasteiger partial charge on any atom is 0.196 e. The molecule has 8 heteroatoms. The number of ketones is 3. The van der Waals surface area contributed by atoms with Crippen LogP contribution >= 0.6 is 0 Å². The lowest BCUT2D eigenvalue weighted by atomic mass is 9.34. The fraction of sp³-hybridized carbons (Fsp3) is 0.839. The van der Waals surface area contributed by atoms with Crippen molar-refractivity contribution in [3.05, 3.63) is 11.6 Å². The Morgan fingerprint density at radius 3 is 2.38 bits per heavy atom. The Labute approximate surface area is 231 Å². The molecule has 4 aliphatic carbocycles. The van der Waals surface area contributed by atoms with Crippen molar-refractivity contribution in [3.63, 3.8) is 0 Å². The molecule has 0 aromatic carbocycles. The zero-order valence-corrected chi connectivity index (χ0v) is 24.3. The van der Waals surface area contributed by atoms with Crippen molar-refractivity contribution in [2.45, 2.75) is 97.7 Å². The van der Waals surface area contributed by atoms with Crippen molar-refractivity contribution in [1.29, 1.82) is 0 Å². The number of hydrogen-bond donors (Lipinski definition) is 4. The van der Waals surface area contributed by atoms with Crippen molar-refractivity contribution in [2.75, 3.05) is 6.61 Å². The second kappa shape index (κ2) is 9.02. The predicted octanol–water partition coefficient (Wildman–Crippen LogP) is 2.45. The van der Waals surface area contributed by atoms with E-state index in [1.807, 2.05) is 41.5 Å². The highest BCUT2D eigenvalue weighted by atomic mass is 16.6. The number of carbonyl (C=O) groups excluding carboxylic acids is 3. The van der Waals surface area contributed by atoms with Gasteiger partial charge in [0.1, 0.15) is 23.8 Å². The summed E-state index contributed by atoms with van der Waals surface area (Å²) in [5.74, 6) is -5.91. The Morgan fingerprint density at radius 2 is 1.79 bits per heavy atom. The molecule has 0 aromatic rings. The molecule has 11 atom stereocenters. The van der Waals surface area contributed by atoms with Gasteiger partial charge in [-0.05, 0) is 54.9 Å². The quantitative estimate of drug-likeness (QED) is 0.398. The zero-order chi connectivity index (χ0) is 29.0. The van der Waals surface area contributed by atoms with Crippen LogP contribution in [0.15, 0.2) is 11.6 Å². The normalized spacial score (nSPS) is 47.3. The minimum absolute atomic E-state index is 0.0329. The van der Waals surface area contributed by atoms with Crippen molar-refractivity contribution < 1.29 is 39.5 Å². The monoisotopic (exact) mass is 546 g/mol. The van der Waals surface area contributed by atoms with E-state index in [1.165, 1.54) is 6.08 Å². The zero-order valence-electron chi connectivity index (χ0n) is 24.3. The summed E-state index contributed by atoms with van der Waals surface area (Å²) in [7, 11) is 0. The first-order valence-corrected chi connectivity index (χ1v) is 14.7. The van der Waals surface area contributed by atoms with Crippen molar-refractivity contribution in [3.8, 4) is 0 Å². The van der Waals surface area contributed by atoms with Gasteiger partial charge in [-0.2, -0.15) is 0 Å². The van der Waals surface area contributed by atoms with E-state index in [0.717, 1.165) is 5.57 Å². The van der Waals surface area contributed by atoms with Gasteiger partial charge in [0.2, 0.25) is 0 Å². The van der Waals surface area contributed by atoms with Gasteiger partial charge in [-0.3, -0.25) is 14.4 Å². The van der Waals surface area contributed by atoms with Crippen LogP contribution in [0.3, 0.4) is 0 Å². The summed E-state index contributed by atoms with van der Waals surface area (Å²) in [4.78, 5) is 40.3. The van der Waals surface area contributed by atoms with E-state index in [9.17, 15) is 34.8 Å². The van der Waals surface area contributed by atoms with E-state index in [2.05, 4.69) is 0 Å². The molecule has 5 unspecified atom stereocenters. The molecular formula is C31H46O8. The standard InChI is InChI=1S/C31H46O8/c1-14(2)30(37,15(3)4)12-19(32)11-20-22(33)10-18-9-21-16(5)8-23(34)26(36)28(21,7)27-29(18)13-39-31(27,38)25(35)17(6)24(20)29/h8,14-15,17-18,20-21,24-27,35-38H,9-13H2,1-7H3/t17?,18-,20?,21-,24?,25+,26+,27?,28?,29-,31+/m0/s1. The van der Waals surface area contributed by atoms with Crippen LogP contribution < -0.4 is 0 Å². The maximum atomic E-state index is 13.8. The van der Waals surface area contributed by atoms with Crippen molar-refractivity contribution in [1.82, 2.24) is 0 Å². The van der Waals surface area contributed by atoms with E-state index in [4.69, 9.17) is 4.74 Å². The molecule has 1 heterocycles. The molecule has 39 heavy (non-hydrogen) atoms. The van der Waals surface area contributed by atoms with E-state index >= 15 is 0 Å². The first kappa shape index (κ1) is 29.1. The minimum atomic E-state index is -1.98. The Kier molecular flexibility index (Phi) is 6.72. The Morgan fingerprint density at radius 1 is 1.18 bits per heavy atom. The second-order valence-electron chi connectivity index (χ2n) is 14.5. The van der Waals surface area contributed by atoms with Gasteiger partial charge in [0.05, 0.1) is 12.2 Å². The number of aliphatic hydroxyl groups is 4. The number of allylic oxidation sites excluding steroid dienone is 1. The smallest absolute Gasteiger partial charge is 0.196 e. The molecule has 4 N–H and O–H groups in total. The molecule has 1 aliphatic heterocycles. The summed E-state index contributed by atoms with van der Waals surface area (Å²) in [5, 5.41) is 46.3. The average molecular weight is 547 g/mol. The molecular weight excluding hydrogens is 500 g/mol. The van der Waals surface area contributed by atoms with E-state index < -0.39 is 63.9 Å². The average Bonchev–Trinajstić information content (AvgIpc) is 3.13. The topological polar surface area (TPSA) is 141 Å². The van der Waals surface area contributed by atoms with Crippen LogP contribution in [0.4, 0.5) is 0 Å². The summed E-state index contributed by atoms with van der Waals surface area (Å²) < 4.78 is 6.11. The lowest BCUT2D eigenvalue weighted by Crippen LogP contribution is -2.75. The fourth-order valence-corrected chi connectivity index (χ4v) is 10.3. The van der Waals surface area contributed by atoms with E-state index in [-0.39, 0.29) is 61.1 Å². The van der Waals surface area contributed by atoms with Gasteiger partial charge >= 0.3 is 0 Å². The fourth-order valence-electron chi connectivity index (χ4n) is 10.3. The number of aliphatic hydroxyl groups excluding tert-OH is 2. The largest absolute Gasteiger partial charge is 0.389 e. The van der Waals surface area contributed by atoms with Gasteiger partial charge in [-0.15, -0.1) is 0 Å². The highest BCUT2D eigenvalue weighted by Gasteiger charge is 2.81. The number of carbonyl (C=O) groups is 3. The lowest BCUT2D eigenvalue weighted by Gasteiger charge is -2.69. The maximum absolute atomic E-state index is 13.8. The Balaban J connectivity index is 1.60. The van der Waals surface area contributed by atoms with Gasteiger partial charge in [-0.25, -0.2) is 0 Å². The van der Waals surface area contributed by atoms with Gasteiger partial charge in [0, 0.05) is 41.9 Å². The molecule has 2 bridgehead atoms. The highest BCUT2D eigenvalue weighted by molar-refractivity contribution is 5.96. The lowest BCUT2D eigenvalue weighted by molar-refractivity contribution is -0.327. The molecule has 218 valence electrons. The summed E-state index contributed by atoms with van der Waals surface area (Å²) in [6, 6.07) is 0. The summed E-state index contributed by atoms with van der Waals surface area (Å²) in [6.07, 6.45) is -0.609. The van der Waals surface area contributed by atoms with Crippen molar-refractivity contribution >= 4 is 17.3 Å². The van der Waals surface area contributed by atoms with Crippen LogP contribution in [0, 0.1) is 58.2 Å². The number of hydrogen-bond acceptors (Lipinski definition) is 8. The third kappa shape index (κ3) is 3.57. The molecule has 0 amide bonds. The third-order valence-corrected chi connectivity index (χ3v) is 12.3. The van der Waals surface area contributed by atoms with Gasteiger partial charge in [0.25, 0.3) is 0 Å². The summed E-state index contributed by atoms with van der Waals surface area (Å²) in [5.41, 5.74) is -2.29. The first-order valence-electron chi connectivity index (χ1n) is 14.7. The first-order chi connectivity index (χ1) is 18.0. The van der Waals surface area contributed by atoms with Crippen LogP contribution in [-0.2, 0) is 19.1 Å². The van der Waals surface area contributed by atoms with Crippen LogP contribution in [0.2, 0.25) is 0 Å². The van der Waals surface area contributed by atoms with Gasteiger partial charge in [0.15, 0.2) is 11.6 Å². The second-order valence-corrected chi connectivity index (χ2v) is 14.5. The van der Waals surface area contributed by atoms with E-state index in [0.29, 0.717) is 6.42 Å². The van der Waals surface area contributed by atoms with Crippen LogP contribution in [0.1, 0.15) is 74.1 Å². The summed E-state index contributed by atoms with van der Waals surface area (Å²) in [6.45, 7) is 13.1. The molecule has 1 saturated heterocycles. The molecule has 3 saturated carbocycles. The molecule has 8 nitrogen and oxygen atoms in total. The van der Waals surface area contributed by atoms with Crippen LogP contribution in [0.5, 0.6) is 0 Å². The third-order valence-electron chi connectivity index (χ3n) is 12.3. The highest BCUT2D eigenvalue weighted by Crippen LogP contribution is 2.76. The van der Waals surface area contributed by atoms with Gasteiger partial charge in [-0.1, -0.05) is 47.1 Å². The van der Waals surface area contributed by atoms with E-state index in [1.54, 1.807) is 6.92 Å². The molecule has 4 fully saturated rings. The molecule has 5 aliphatic rings. The number of ether oxygens (including phenoxy) is 1. The predicted molar refractivity (Wildman–Crippen MR) is 142 cm³/mol. The molecule has 1 spiro atoms. The number of rotatable bonds is 6. The SMILES string of the molecule is CC1=CC(=O)[C@@H](O)C2(C)C3[C@]45CO[C@]3(O)[C@H](O)C(C)C4C(CC(=O)CC(O)(C(C)C)C(C)C)C(=O)C[C@@H]5C[C@@H]12. The van der Waals surface area contributed by atoms with Gasteiger partial charge < -0.3 is 25.2 Å². The Bertz CT molecular complexity index is 1100. The molecule has 0 aromatic heterocycles. The number of Topliss-reactive ketones (excluding diaryl/α,β-unsaturated/α-hetero) is 2. The molecule has 0 radical (unpaired) electrons. The number of fused-ring (bicyclic) bond motifs is 1.